The number of likely N-dealkylation sites (tertiary alicyclic amines) is 1. The summed E-state index contributed by atoms with van der Waals surface area (Å²) < 4.78 is 11.5. The number of aliphatic hydroxyl groups excluding tert-OH is 1. The Balaban J connectivity index is 1.64. The molecule has 3 atom stereocenters. The van der Waals surface area contributed by atoms with Crippen LogP contribution in [0.2, 0.25) is 0 Å². The minimum atomic E-state index is -0.285. The Kier molecular flexibility index (Phi) is 3.95. The van der Waals surface area contributed by atoms with E-state index in [9.17, 15) is 9.90 Å². The van der Waals surface area contributed by atoms with Crippen LogP contribution in [0.1, 0.15) is 31.2 Å². The Labute approximate surface area is 140 Å². The molecule has 0 bridgehead atoms. The fourth-order valence-electron chi connectivity index (χ4n) is 4.41. The van der Waals surface area contributed by atoms with Gasteiger partial charge in [-0.2, -0.15) is 0 Å². The van der Waals surface area contributed by atoms with Crippen molar-refractivity contribution >= 4 is 11.0 Å². The maximum Gasteiger partial charge on any atom is 0.197 e. The molecule has 1 saturated heterocycles. The Bertz CT molecular complexity index is 801. The molecule has 1 aliphatic heterocycles. The van der Waals surface area contributed by atoms with Gasteiger partial charge in [-0.25, -0.2) is 0 Å². The fraction of sp³-hybridized carbons (Fsp3) is 0.526. The van der Waals surface area contributed by atoms with Crippen molar-refractivity contribution in [3.8, 4) is 0 Å². The zero-order valence-electron chi connectivity index (χ0n) is 13.9. The fourth-order valence-corrected chi connectivity index (χ4v) is 4.41. The van der Waals surface area contributed by atoms with Crippen molar-refractivity contribution in [2.24, 2.45) is 0 Å². The lowest BCUT2D eigenvalue weighted by atomic mass is 9.79. The first-order valence-corrected chi connectivity index (χ1v) is 8.60. The van der Waals surface area contributed by atoms with Gasteiger partial charge in [-0.1, -0.05) is 12.1 Å². The number of benzene rings is 1. The molecule has 0 unspecified atom stereocenters. The molecule has 5 nitrogen and oxygen atoms in total. The van der Waals surface area contributed by atoms with Gasteiger partial charge < -0.3 is 14.3 Å². The van der Waals surface area contributed by atoms with Gasteiger partial charge in [-0.15, -0.1) is 0 Å². The molecule has 2 aromatic rings. The molecule has 24 heavy (non-hydrogen) atoms. The van der Waals surface area contributed by atoms with E-state index in [1.54, 1.807) is 19.4 Å². The van der Waals surface area contributed by atoms with Crippen molar-refractivity contribution in [2.45, 2.75) is 50.0 Å². The maximum absolute atomic E-state index is 12.7. The van der Waals surface area contributed by atoms with Crippen LogP contribution in [0.25, 0.3) is 11.0 Å². The van der Waals surface area contributed by atoms with Crippen molar-refractivity contribution in [3.63, 3.8) is 0 Å². The van der Waals surface area contributed by atoms with Gasteiger partial charge in [0.05, 0.1) is 23.4 Å². The molecule has 0 radical (unpaired) electrons. The molecule has 2 fully saturated rings. The van der Waals surface area contributed by atoms with Crippen molar-refractivity contribution < 1.29 is 14.3 Å². The molecule has 0 amide bonds. The summed E-state index contributed by atoms with van der Waals surface area (Å²) in [6, 6.07) is 7.48. The Hall–Kier alpha value is -1.69. The predicted molar refractivity (Wildman–Crippen MR) is 90.9 cm³/mol. The van der Waals surface area contributed by atoms with Crippen molar-refractivity contribution in [2.75, 3.05) is 13.7 Å². The summed E-state index contributed by atoms with van der Waals surface area (Å²) in [5.74, 6) is 0. The van der Waals surface area contributed by atoms with Gasteiger partial charge in [0.25, 0.3) is 0 Å². The van der Waals surface area contributed by atoms with E-state index in [1.807, 2.05) is 18.2 Å². The smallest absolute Gasteiger partial charge is 0.197 e. The van der Waals surface area contributed by atoms with E-state index in [2.05, 4.69) is 4.90 Å². The molecule has 2 aliphatic rings. The third kappa shape index (κ3) is 2.48. The van der Waals surface area contributed by atoms with Gasteiger partial charge >= 0.3 is 0 Å². The van der Waals surface area contributed by atoms with Crippen LogP contribution in [-0.4, -0.2) is 41.4 Å². The standard InChI is InChI=1S/C19H23NO4/c1-23-19-7-6-14(21)10-17(19)20(9-8-19)11-13-12-24-16-5-3-2-4-15(16)18(13)22/h2-5,12,14,17,21H,6-11H2,1H3/t14-,17-,19+/m1/s1. The van der Waals surface area contributed by atoms with E-state index >= 15 is 0 Å². The Morgan fingerprint density at radius 1 is 1.38 bits per heavy atom. The van der Waals surface area contributed by atoms with E-state index in [1.165, 1.54) is 0 Å². The van der Waals surface area contributed by atoms with Crippen LogP contribution in [0, 0.1) is 0 Å². The van der Waals surface area contributed by atoms with Crippen LogP contribution in [0.15, 0.2) is 39.7 Å². The molecular weight excluding hydrogens is 306 g/mol. The topological polar surface area (TPSA) is 62.9 Å². The van der Waals surface area contributed by atoms with Crippen LogP contribution in [0.5, 0.6) is 0 Å². The second kappa shape index (κ2) is 5.99. The summed E-state index contributed by atoms with van der Waals surface area (Å²) in [4.78, 5) is 15.0. The lowest BCUT2D eigenvalue weighted by Crippen LogP contribution is -2.51. The summed E-state index contributed by atoms with van der Waals surface area (Å²) in [6.45, 7) is 1.41. The van der Waals surface area contributed by atoms with Crippen LogP contribution in [-0.2, 0) is 11.3 Å². The Morgan fingerprint density at radius 3 is 3.04 bits per heavy atom. The number of aliphatic hydroxyl groups is 1. The van der Waals surface area contributed by atoms with E-state index in [0.717, 1.165) is 25.8 Å². The summed E-state index contributed by atoms with van der Waals surface area (Å²) in [7, 11) is 1.76. The zero-order chi connectivity index (χ0) is 16.7. The number of nitrogens with zero attached hydrogens (tertiary/aromatic N) is 1. The molecule has 1 aromatic heterocycles. The molecule has 2 heterocycles. The van der Waals surface area contributed by atoms with E-state index in [4.69, 9.17) is 9.15 Å². The van der Waals surface area contributed by atoms with Crippen LogP contribution in [0.3, 0.4) is 0 Å². The number of fused-ring (bicyclic) bond motifs is 2. The van der Waals surface area contributed by atoms with Crippen molar-refractivity contribution in [1.82, 2.24) is 4.90 Å². The minimum absolute atomic E-state index is 0.0307. The highest BCUT2D eigenvalue weighted by Crippen LogP contribution is 2.42. The Morgan fingerprint density at radius 2 is 2.21 bits per heavy atom. The van der Waals surface area contributed by atoms with Gasteiger partial charge in [0, 0.05) is 31.8 Å². The lowest BCUT2D eigenvalue weighted by molar-refractivity contribution is -0.0880. The normalized spacial score (nSPS) is 30.6. The number of rotatable bonds is 3. The third-order valence-electron chi connectivity index (χ3n) is 5.80. The average molecular weight is 329 g/mol. The summed E-state index contributed by atoms with van der Waals surface area (Å²) in [5.41, 5.74) is 1.13. The second-order valence-electron chi connectivity index (χ2n) is 7.02. The molecule has 0 spiro atoms. The number of ether oxygens (including phenoxy) is 1. The number of methoxy groups -OCH3 is 1. The van der Waals surface area contributed by atoms with Gasteiger partial charge in [0.15, 0.2) is 5.43 Å². The largest absolute Gasteiger partial charge is 0.464 e. The highest BCUT2D eigenvalue weighted by molar-refractivity contribution is 5.76. The summed E-state index contributed by atoms with van der Waals surface area (Å²) in [6.07, 6.45) is 4.60. The predicted octanol–water partition coefficient (Wildman–Crippen LogP) is 2.30. The van der Waals surface area contributed by atoms with Crippen molar-refractivity contribution in [1.29, 1.82) is 0 Å². The van der Waals surface area contributed by atoms with Gasteiger partial charge in [0.1, 0.15) is 5.58 Å². The van der Waals surface area contributed by atoms with Gasteiger partial charge in [0.2, 0.25) is 0 Å². The average Bonchev–Trinajstić information content (AvgIpc) is 2.96. The van der Waals surface area contributed by atoms with Crippen LogP contribution in [0.4, 0.5) is 0 Å². The highest BCUT2D eigenvalue weighted by atomic mass is 16.5. The molecule has 1 saturated carbocycles. The SMILES string of the molecule is CO[C@]12CC[C@@H](O)C[C@H]1N(Cc1coc3ccccc3c1=O)CC2. The molecule has 1 aromatic carbocycles. The van der Waals surface area contributed by atoms with E-state index in [-0.39, 0.29) is 23.2 Å². The van der Waals surface area contributed by atoms with E-state index < -0.39 is 0 Å². The first kappa shape index (κ1) is 15.8. The second-order valence-corrected chi connectivity index (χ2v) is 7.02. The van der Waals surface area contributed by atoms with Crippen LogP contribution >= 0.6 is 0 Å². The monoisotopic (exact) mass is 329 g/mol. The molecule has 1 N–H and O–H groups in total. The molecule has 5 heteroatoms. The quantitative estimate of drug-likeness (QED) is 0.936. The minimum Gasteiger partial charge on any atom is -0.464 e. The summed E-state index contributed by atoms with van der Waals surface area (Å²) >= 11 is 0. The maximum atomic E-state index is 12.7. The molecule has 4 rings (SSSR count). The number of hydrogen-bond donors (Lipinski definition) is 1. The van der Waals surface area contributed by atoms with Gasteiger partial charge in [-0.05, 0) is 37.8 Å². The molecule has 1 aliphatic carbocycles. The first-order valence-electron chi connectivity index (χ1n) is 8.60. The molecular formula is C19H23NO4. The van der Waals surface area contributed by atoms with Gasteiger partial charge in [-0.3, -0.25) is 9.69 Å². The van der Waals surface area contributed by atoms with E-state index in [0.29, 0.717) is 29.5 Å². The number of para-hydroxylation sites is 1. The van der Waals surface area contributed by atoms with Crippen LogP contribution < -0.4 is 5.43 Å². The molecule has 128 valence electrons. The lowest BCUT2D eigenvalue weighted by Gasteiger charge is -2.42. The summed E-state index contributed by atoms with van der Waals surface area (Å²) in [5, 5.41) is 10.7. The number of hydrogen-bond acceptors (Lipinski definition) is 5. The zero-order valence-corrected chi connectivity index (χ0v) is 13.9. The van der Waals surface area contributed by atoms with Crippen molar-refractivity contribution in [3.05, 3.63) is 46.3 Å². The highest BCUT2D eigenvalue weighted by Gasteiger charge is 2.50. The third-order valence-corrected chi connectivity index (χ3v) is 5.80. The first-order chi connectivity index (χ1) is 11.6.